The van der Waals surface area contributed by atoms with Crippen LogP contribution in [-0.4, -0.2) is 11.7 Å². The molecule has 0 saturated carbocycles. The minimum atomic E-state index is 0.214. The summed E-state index contributed by atoms with van der Waals surface area (Å²) in [5.74, 6) is 0. The molecule has 1 nitrogen and oxygen atoms in total. The van der Waals surface area contributed by atoms with E-state index in [1.54, 1.807) is 0 Å². The molecule has 0 aromatic rings. The highest BCUT2D eigenvalue weighted by Crippen LogP contribution is 2.08. The maximum atomic E-state index is 8.67. The van der Waals surface area contributed by atoms with Gasteiger partial charge in [-0.2, -0.15) is 0 Å². The SMILES string of the molecule is CCC/C(C)=C(/C)CO. The van der Waals surface area contributed by atoms with Crippen LogP contribution in [-0.2, 0) is 0 Å². The fourth-order valence-electron chi connectivity index (χ4n) is 0.723. The van der Waals surface area contributed by atoms with Crippen molar-refractivity contribution in [3.63, 3.8) is 0 Å². The van der Waals surface area contributed by atoms with Gasteiger partial charge in [0.2, 0.25) is 0 Å². The quantitative estimate of drug-likeness (QED) is 0.577. The van der Waals surface area contributed by atoms with Gasteiger partial charge in [-0.15, -0.1) is 0 Å². The van der Waals surface area contributed by atoms with Gasteiger partial charge in [-0.1, -0.05) is 18.9 Å². The van der Waals surface area contributed by atoms with E-state index in [1.807, 2.05) is 6.92 Å². The van der Waals surface area contributed by atoms with Crippen molar-refractivity contribution < 1.29 is 5.11 Å². The fraction of sp³-hybridized carbons (Fsp3) is 0.750. The molecule has 0 aliphatic heterocycles. The van der Waals surface area contributed by atoms with Gasteiger partial charge in [-0.3, -0.25) is 0 Å². The number of hydrogen-bond donors (Lipinski definition) is 1. The van der Waals surface area contributed by atoms with E-state index in [0.29, 0.717) is 0 Å². The van der Waals surface area contributed by atoms with Crippen LogP contribution >= 0.6 is 0 Å². The highest BCUT2D eigenvalue weighted by molar-refractivity contribution is 5.09. The summed E-state index contributed by atoms with van der Waals surface area (Å²) in [6, 6.07) is 0. The van der Waals surface area contributed by atoms with Crippen molar-refractivity contribution in [2.45, 2.75) is 33.6 Å². The van der Waals surface area contributed by atoms with Crippen LogP contribution in [0.15, 0.2) is 11.1 Å². The molecule has 0 spiro atoms. The van der Waals surface area contributed by atoms with Gasteiger partial charge < -0.3 is 5.11 Å². The normalized spacial score (nSPS) is 13.3. The predicted molar refractivity (Wildman–Crippen MR) is 40.4 cm³/mol. The van der Waals surface area contributed by atoms with E-state index in [4.69, 9.17) is 5.11 Å². The van der Waals surface area contributed by atoms with Crippen molar-refractivity contribution >= 4 is 0 Å². The lowest BCUT2D eigenvalue weighted by Crippen LogP contribution is -1.89. The summed E-state index contributed by atoms with van der Waals surface area (Å²) >= 11 is 0. The van der Waals surface area contributed by atoms with Crippen LogP contribution < -0.4 is 0 Å². The molecule has 1 N–H and O–H groups in total. The van der Waals surface area contributed by atoms with Crippen LogP contribution in [0.4, 0.5) is 0 Å². The summed E-state index contributed by atoms with van der Waals surface area (Å²) in [6.45, 7) is 6.42. The number of aliphatic hydroxyl groups excluding tert-OH is 1. The molecule has 0 aliphatic carbocycles. The Bertz CT molecular complexity index is 103. The molecule has 54 valence electrons. The summed E-state index contributed by atoms with van der Waals surface area (Å²) in [4.78, 5) is 0. The van der Waals surface area contributed by atoms with Crippen molar-refractivity contribution in [1.82, 2.24) is 0 Å². The largest absolute Gasteiger partial charge is 0.392 e. The van der Waals surface area contributed by atoms with E-state index in [0.717, 1.165) is 12.0 Å². The van der Waals surface area contributed by atoms with E-state index < -0.39 is 0 Å². The molecule has 0 fully saturated rings. The van der Waals surface area contributed by atoms with Gasteiger partial charge in [-0.25, -0.2) is 0 Å². The second kappa shape index (κ2) is 4.57. The monoisotopic (exact) mass is 128 g/mol. The first-order chi connectivity index (χ1) is 4.22. The summed E-state index contributed by atoms with van der Waals surface area (Å²) < 4.78 is 0. The Morgan fingerprint density at radius 2 is 1.78 bits per heavy atom. The lowest BCUT2D eigenvalue weighted by molar-refractivity contribution is 0.329. The zero-order valence-corrected chi connectivity index (χ0v) is 6.57. The van der Waals surface area contributed by atoms with Crippen molar-refractivity contribution in [2.24, 2.45) is 0 Å². The lowest BCUT2D eigenvalue weighted by Gasteiger charge is -2.01. The smallest absolute Gasteiger partial charge is 0.0641 e. The Morgan fingerprint density at radius 3 is 2.11 bits per heavy atom. The minimum Gasteiger partial charge on any atom is -0.392 e. The van der Waals surface area contributed by atoms with Gasteiger partial charge in [0.05, 0.1) is 6.61 Å². The van der Waals surface area contributed by atoms with Crippen LogP contribution in [0.5, 0.6) is 0 Å². The second-order valence-electron chi connectivity index (χ2n) is 2.47. The van der Waals surface area contributed by atoms with Gasteiger partial charge in [-0.05, 0) is 25.8 Å². The third-order valence-electron chi connectivity index (χ3n) is 1.59. The van der Waals surface area contributed by atoms with Gasteiger partial charge in [0.1, 0.15) is 0 Å². The number of aliphatic hydroxyl groups is 1. The Hall–Kier alpha value is -0.300. The number of rotatable bonds is 3. The van der Waals surface area contributed by atoms with Crippen LogP contribution in [0.2, 0.25) is 0 Å². The molecule has 0 saturated heterocycles. The predicted octanol–water partition coefficient (Wildman–Crippen LogP) is 2.12. The molecule has 0 aliphatic rings. The van der Waals surface area contributed by atoms with Gasteiger partial charge >= 0.3 is 0 Å². The first-order valence-electron chi connectivity index (χ1n) is 3.48. The maximum Gasteiger partial charge on any atom is 0.0641 e. The molecule has 0 aromatic heterocycles. The van der Waals surface area contributed by atoms with Crippen molar-refractivity contribution in [3.8, 4) is 0 Å². The molecule has 0 aromatic carbocycles. The molecule has 0 amide bonds. The third kappa shape index (κ3) is 3.31. The molecule has 0 heterocycles. The first-order valence-corrected chi connectivity index (χ1v) is 3.48. The standard InChI is InChI=1S/C8H16O/c1-4-5-7(2)8(3)6-9/h9H,4-6H2,1-3H3/b8-7-. The van der Waals surface area contributed by atoms with Crippen LogP contribution in [0, 0.1) is 0 Å². The Kier molecular flexibility index (Phi) is 4.41. The molecule has 0 bridgehead atoms. The molecular weight excluding hydrogens is 112 g/mol. The highest BCUT2D eigenvalue weighted by Gasteiger charge is 1.92. The Labute approximate surface area is 57.4 Å². The molecular formula is C8H16O. The van der Waals surface area contributed by atoms with Gasteiger partial charge in [0.15, 0.2) is 0 Å². The first kappa shape index (κ1) is 8.70. The van der Waals surface area contributed by atoms with Crippen LogP contribution in [0.3, 0.4) is 0 Å². The highest BCUT2D eigenvalue weighted by atomic mass is 16.3. The van der Waals surface area contributed by atoms with Crippen molar-refractivity contribution in [2.75, 3.05) is 6.61 Å². The number of allylic oxidation sites excluding steroid dienone is 1. The molecule has 9 heavy (non-hydrogen) atoms. The minimum absolute atomic E-state index is 0.214. The maximum absolute atomic E-state index is 8.67. The molecule has 0 radical (unpaired) electrons. The van der Waals surface area contributed by atoms with E-state index in [-0.39, 0.29) is 6.61 Å². The summed E-state index contributed by atoms with van der Waals surface area (Å²) in [5, 5.41) is 8.67. The zero-order chi connectivity index (χ0) is 7.28. The third-order valence-corrected chi connectivity index (χ3v) is 1.59. The topological polar surface area (TPSA) is 20.2 Å². The summed E-state index contributed by atoms with van der Waals surface area (Å²) in [6.07, 6.45) is 2.29. The van der Waals surface area contributed by atoms with E-state index in [9.17, 15) is 0 Å². The van der Waals surface area contributed by atoms with E-state index in [2.05, 4.69) is 13.8 Å². The lowest BCUT2D eigenvalue weighted by atomic mass is 10.1. The summed E-state index contributed by atoms with van der Waals surface area (Å²) in [7, 11) is 0. The average Bonchev–Trinajstić information content (AvgIpc) is 1.87. The number of hydrogen-bond acceptors (Lipinski definition) is 1. The van der Waals surface area contributed by atoms with Crippen molar-refractivity contribution in [1.29, 1.82) is 0 Å². The second-order valence-corrected chi connectivity index (χ2v) is 2.47. The summed E-state index contributed by atoms with van der Waals surface area (Å²) in [5.41, 5.74) is 2.46. The van der Waals surface area contributed by atoms with Gasteiger partial charge in [0, 0.05) is 0 Å². The molecule has 0 atom stereocenters. The van der Waals surface area contributed by atoms with Gasteiger partial charge in [0.25, 0.3) is 0 Å². The Balaban J connectivity index is 3.78. The fourth-order valence-corrected chi connectivity index (χ4v) is 0.723. The van der Waals surface area contributed by atoms with Crippen molar-refractivity contribution in [3.05, 3.63) is 11.1 Å². The zero-order valence-electron chi connectivity index (χ0n) is 6.57. The average molecular weight is 128 g/mol. The Morgan fingerprint density at radius 1 is 1.22 bits per heavy atom. The molecule has 0 unspecified atom stereocenters. The molecule has 0 rings (SSSR count). The van der Waals surface area contributed by atoms with Crippen LogP contribution in [0.1, 0.15) is 33.6 Å². The van der Waals surface area contributed by atoms with E-state index >= 15 is 0 Å². The van der Waals surface area contributed by atoms with Crippen LogP contribution in [0.25, 0.3) is 0 Å². The molecule has 1 heteroatoms. The van der Waals surface area contributed by atoms with E-state index in [1.165, 1.54) is 12.0 Å².